The normalized spacial score (nSPS) is 18.4. The third-order valence-electron chi connectivity index (χ3n) is 7.15. The lowest BCUT2D eigenvalue weighted by Crippen LogP contribution is -2.39. The molecule has 2 N–H and O–H groups in total. The molecular formula is C25H36F3N5O5S3. The number of hydrogen-bond acceptors (Lipinski definition) is 8. The number of thioether (sulfide) groups is 1. The number of halogens is 3. The number of fused-ring (bicyclic) bond motifs is 1. The van der Waals surface area contributed by atoms with Gasteiger partial charge < -0.3 is 10.0 Å². The molecule has 16 heteroatoms. The van der Waals surface area contributed by atoms with Crippen LogP contribution in [-0.2, 0) is 45.7 Å². The van der Waals surface area contributed by atoms with Crippen LogP contribution in [0.4, 0.5) is 13.2 Å². The average Bonchev–Trinajstić information content (AvgIpc) is 3.23. The Kier molecular flexibility index (Phi) is 10.1. The van der Waals surface area contributed by atoms with Gasteiger partial charge in [-0.15, -0.1) is 11.8 Å². The fraction of sp³-hybridized carbons (Fsp3) is 0.640. The van der Waals surface area contributed by atoms with Gasteiger partial charge in [-0.3, -0.25) is 4.68 Å². The number of β-amino-alcohol motifs (C(OH)–C–C–N with tert-alkyl or cyclic N) is 1. The number of sulfonamides is 2. The molecule has 1 unspecified atom stereocenters. The van der Waals surface area contributed by atoms with E-state index in [4.69, 9.17) is 5.10 Å². The molecule has 10 nitrogen and oxygen atoms in total. The lowest BCUT2D eigenvalue weighted by molar-refractivity contribution is -0.139. The van der Waals surface area contributed by atoms with E-state index in [1.165, 1.54) is 22.9 Å². The van der Waals surface area contributed by atoms with Gasteiger partial charge in [0.15, 0.2) is 0 Å². The molecule has 0 amide bonds. The molecule has 2 aliphatic rings. The summed E-state index contributed by atoms with van der Waals surface area (Å²) in [5.41, 5.74) is 1.25. The number of nitrogens with zero attached hydrogens (tertiary/aromatic N) is 4. The second-order valence-corrected chi connectivity index (χ2v) is 15.5. The summed E-state index contributed by atoms with van der Waals surface area (Å²) in [5.74, 6) is 0.0662. The molecule has 1 saturated heterocycles. The Labute approximate surface area is 243 Å². The largest absolute Gasteiger partial charge is 0.417 e. The van der Waals surface area contributed by atoms with Crippen molar-refractivity contribution in [2.45, 2.75) is 55.9 Å². The topological polar surface area (TPSA) is 125 Å². The number of nitrogens with one attached hydrogen (secondary N) is 1. The Morgan fingerprint density at radius 1 is 1.07 bits per heavy atom. The van der Waals surface area contributed by atoms with Crippen LogP contribution in [0.2, 0.25) is 0 Å². The molecule has 1 atom stereocenters. The van der Waals surface area contributed by atoms with Crippen molar-refractivity contribution in [3.8, 4) is 11.3 Å². The summed E-state index contributed by atoms with van der Waals surface area (Å²) in [6.45, 7) is 2.68. The van der Waals surface area contributed by atoms with Crippen LogP contribution < -0.4 is 4.72 Å². The first-order chi connectivity index (χ1) is 19.1. The van der Waals surface area contributed by atoms with Crippen LogP contribution in [-0.4, -0.2) is 98.0 Å². The summed E-state index contributed by atoms with van der Waals surface area (Å²) in [6.07, 6.45) is 0.410. The Morgan fingerprint density at radius 2 is 1.78 bits per heavy atom. The summed E-state index contributed by atoms with van der Waals surface area (Å²) in [6, 6.07) is 3.65. The number of hydrogen-bond donors (Lipinski definition) is 2. The first kappa shape index (κ1) is 32.2. The Hall–Kier alpha value is -1.69. The van der Waals surface area contributed by atoms with Crippen molar-refractivity contribution in [3.05, 3.63) is 35.0 Å². The maximum atomic E-state index is 13.8. The second-order valence-electron chi connectivity index (χ2n) is 10.5. The fourth-order valence-corrected chi connectivity index (χ4v) is 7.60. The zero-order valence-corrected chi connectivity index (χ0v) is 25.5. The number of aliphatic hydroxyl groups is 1. The van der Waals surface area contributed by atoms with Crippen LogP contribution in [0.1, 0.15) is 36.1 Å². The zero-order valence-electron chi connectivity index (χ0n) is 23.0. The smallest absolute Gasteiger partial charge is 0.390 e. The van der Waals surface area contributed by atoms with Crippen molar-refractivity contribution < 1.29 is 35.1 Å². The second kappa shape index (κ2) is 12.9. The van der Waals surface area contributed by atoms with E-state index in [0.29, 0.717) is 29.8 Å². The molecule has 1 aromatic carbocycles. The molecule has 2 aromatic rings. The van der Waals surface area contributed by atoms with E-state index in [1.807, 2.05) is 0 Å². The van der Waals surface area contributed by atoms with E-state index in [2.05, 4.69) is 9.62 Å². The molecule has 0 aliphatic carbocycles. The van der Waals surface area contributed by atoms with E-state index >= 15 is 0 Å². The van der Waals surface area contributed by atoms with Crippen molar-refractivity contribution in [2.24, 2.45) is 0 Å². The van der Waals surface area contributed by atoms with Crippen LogP contribution in [0.15, 0.2) is 23.1 Å². The quantitative estimate of drug-likeness (QED) is 0.284. The molecule has 1 fully saturated rings. The SMILES string of the molecule is CS(=O)(=O)NCCSc1cc(-c2nn(CC(O)CN3CCCCC3)c3c2CN(S(C)(=O)=O)CC3)ccc1C(F)(F)F. The Morgan fingerprint density at radius 3 is 2.41 bits per heavy atom. The Bertz CT molecular complexity index is 1440. The molecule has 0 bridgehead atoms. The highest BCUT2D eigenvalue weighted by atomic mass is 32.2. The van der Waals surface area contributed by atoms with Gasteiger partial charge in [0.05, 0.1) is 36.4 Å². The number of piperidine rings is 1. The van der Waals surface area contributed by atoms with Crippen molar-refractivity contribution in [3.63, 3.8) is 0 Å². The number of alkyl halides is 3. The zero-order chi connectivity index (χ0) is 30.0. The Balaban J connectivity index is 1.67. The minimum atomic E-state index is -4.63. The molecule has 0 radical (unpaired) electrons. The minimum absolute atomic E-state index is 0.0213. The standard InChI is InChI=1S/C25H36F3N5O5S3/c1-40(35,36)29-9-13-39-23-14-18(6-7-21(23)25(26,27)28)24-20-17-32(41(2,37)38)12-8-22(20)33(30-24)16-19(34)15-31-10-4-3-5-11-31/h6-7,14,19,29,34H,3-5,8-13,15-17H2,1-2H3. The lowest BCUT2D eigenvalue weighted by atomic mass is 10.0. The predicted molar refractivity (Wildman–Crippen MR) is 151 cm³/mol. The van der Waals surface area contributed by atoms with Gasteiger partial charge in [-0.25, -0.2) is 21.6 Å². The highest BCUT2D eigenvalue weighted by Crippen LogP contribution is 2.40. The third kappa shape index (κ3) is 8.67. The molecule has 0 spiro atoms. The van der Waals surface area contributed by atoms with Crippen molar-refractivity contribution >= 4 is 31.8 Å². The van der Waals surface area contributed by atoms with Gasteiger partial charge >= 0.3 is 6.18 Å². The molecule has 1 aromatic heterocycles. The summed E-state index contributed by atoms with van der Waals surface area (Å²) >= 11 is 0.869. The monoisotopic (exact) mass is 639 g/mol. The summed E-state index contributed by atoms with van der Waals surface area (Å²) in [5, 5.41) is 15.6. The maximum absolute atomic E-state index is 13.8. The van der Waals surface area contributed by atoms with Crippen molar-refractivity contribution in [2.75, 3.05) is 51.0 Å². The first-order valence-corrected chi connectivity index (χ1v) is 18.1. The lowest BCUT2D eigenvalue weighted by Gasteiger charge is -2.29. The summed E-state index contributed by atoms with van der Waals surface area (Å²) in [4.78, 5) is 2.11. The molecule has 0 saturated carbocycles. The van der Waals surface area contributed by atoms with Gasteiger partial charge in [-0.05, 0) is 38.1 Å². The van der Waals surface area contributed by atoms with Crippen LogP contribution in [0.5, 0.6) is 0 Å². The van der Waals surface area contributed by atoms with Crippen LogP contribution in [0.3, 0.4) is 0 Å². The van der Waals surface area contributed by atoms with E-state index in [-0.39, 0.29) is 36.8 Å². The van der Waals surface area contributed by atoms with Gasteiger partial charge in [0.2, 0.25) is 20.0 Å². The van der Waals surface area contributed by atoms with E-state index in [1.54, 1.807) is 4.68 Å². The van der Waals surface area contributed by atoms with E-state index in [0.717, 1.165) is 62.0 Å². The molecular weight excluding hydrogens is 604 g/mol. The van der Waals surface area contributed by atoms with Crippen molar-refractivity contribution in [1.29, 1.82) is 0 Å². The first-order valence-electron chi connectivity index (χ1n) is 13.3. The molecule has 41 heavy (non-hydrogen) atoms. The number of aliphatic hydroxyl groups excluding tert-OH is 1. The average molecular weight is 640 g/mol. The van der Waals surface area contributed by atoms with Gasteiger partial charge in [0.1, 0.15) is 0 Å². The fourth-order valence-electron chi connectivity index (χ4n) is 5.24. The van der Waals surface area contributed by atoms with Gasteiger partial charge in [-0.2, -0.15) is 22.6 Å². The molecule has 4 rings (SSSR count). The number of benzene rings is 1. The summed E-state index contributed by atoms with van der Waals surface area (Å²) < 4.78 is 94.1. The highest BCUT2D eigenvalue weighted by Gasteiger charge is 2.35. The van der Waals surface area contributed by atoms with Gasteiger partial charge in [-0.1, -0.05) is 12.5 Å². The van der Waals surface area contributed by atoms with Crippen LogP contribution in [0.25, 0.3) is 11.3 Å². The predicted octanol–water partition coefficient (Wildman–Crippen LogP) is 2.37. The number of likely N-dealkylation sites (tertiary alicyclic amines) is 1. The molecule has 3 heterocycles. The van der Waals surface area contributed by atoms with Crippen LogP contribution >= 0.6 is 11.8 Å². The molecule has 2 aliphatic heterocycles. The highest BCUT2D eigenvalue weighted by molar-refractivity contribution is 7.99. The summed E-state index contributed by atoms with van der Waals surface area (Å²) in [7, 11) is -7.02. The van der Waals surface area contributed by atoms with Gasteiger partial charge in [0.25, 0.3) is 0 Å². The molecule has 230 valence electrons. The van der Waals surface area contributed by atoms with Crippen LogP contribution in [0, 0.1) is 0 Å². The number of aromatic nitrogens is 2. The third-order valence-corrected chi connectivity index (χ3v) is 10.2. The minimum Gasteiger partial charge on any atom is -0.390 e. The van der Waals surface area contributed by atoms with Crippen molar-refractivity contribution in [1.82, 2.24) is 23.7 Å². The van der Waals surface area contributed by atoms with Gasteiger partial charge in [0, 0.05) is 60.1 Å². The van der Waals surface area contributed by atoms with E-state index < -0.39 is 37.9 Å². The number of rotatable bonds is 11. The maximum Gasteiger partial charge on any atom is 0.417 e. The van der Waals surface area contributed by atoms with E-state index in [9.17, 15) is 35.1 Å².